The Balaban J connectivity index is 1.69. The number of fused-ring (bicyclic) bond motifs is 9. The third-order valence-corrected chi connectivity index (χ3v) is 13.0. The van der Waals surface area contributed by atoms with Gasteiger partial charge in [0.2, 0.25) is 0 Å². The van der Waals surface area contributed by atoms with E-state index in [-0.39, 0.29) is 0 Å². The zero-order chi connectivity index (χ0) is 54.2. The predicted octanol–water partition coefficient (Wildman–Crippen LogP) is 16.1. The highest BCUT2D eigenvalue weighted by atomic mass is 16.5. The molecule has 10 heteroatoms. The van der Waals surface area contributed by atoms with Gasteiger partial charge in [-0.25, -0.2) is 0 Å². The van der Waals surface area contributed by atoms with Crippen molar-refractivity contribution in [2.45, 2.75) is 112 Å². The first-order valence-electron chi connectivity index (χ1n) is 26.8. The van der Waals surface area contributed by atoms with Crippen LogP contribution >= 0.6 is 0 Å². The van der Waals surface area contributed by atoms with E-state index < -0.39 is 6.10 Å². The van der Waals surface area contributed by atoms with Crippen LogP contribution in [0.3, 0.4) is 0 Å². The lowest BCUT2D eigenvalue weighted by Crippen LogP contribution is -2.19. The molecule has 0 saturated carbocycles. The molecule has 0 saturated heterocycles. The Morgan fingerprint density at radius 3 is 1.08 bits per heavy atom. The van der Waals surface area contributed by atoms with Crippen molar-refractivity contribution in [1.82, 2.24) is 0 Å². The maximum atomic E-state index is 11.0. The summed E-state index contributed by atoms with van der Waals surface area (Å²) in [5.74, 6) is 2.46. The number of nitrogens with zero attached hydrogens (tertiary/aromatic N) is 5. The minimum Gasteiger partial charge on any atom is -0.494 e. The Bertz CT molecular complexity index is 3150. The van der Waals surface area contributed by atoms with Gasteiger partial charge in [0.15, 0.2) is 0 Å². The van der Waals surface area contributed by atoms with E-state index in [1.807, 2.05) is 91.0 Å². The molecule has 388 valence electrons. The van der Waals surface area contributed by atoms with Gasteiger partial charge in [-0.05, 0) is 197 Å². The fourth-order valence-electron chi connectivity index (χ4n) is 8.45. The number of hydrogen-bond acceptors (Lipinski definition) is 10. The Hall–Kier alpha value is -8.33. The molecule has 0 amide bonds. The standard InChI is InChI=1S/C66H69N5O5/c1-7-12-16-72-62-30-47-20-53(36-62)58(41-68)27-49-22-55(38-64(32-49)74-18-14-9-3)60(43-70)29-51-24-56(39-66(34-51)76-45-46(6)11-5)61(44-71)28-50-23-54(37-65(33-50)75-19-15-10-4)59(42-69)26-48-21-52(57(25-47)40-67)35-63(31-48)73-17-13-8-2/h20-38,46,66H,7-19,39,45H2,1-6H3/b57-25+,58-27+,59-26+,60-29+,61-28+/t46-,66?/m0/s1. The molecule has 76 heavy (non-hydrogen) atoms. The fraction of sp³-hybridized carbons (Fsp3) is 0.348. The first-order valence-corrected chi connectivity index (χ1v) is 26.8. The van der Waals surface area contributed by atoms with Gasteiger partial charge in [-0.2, -0.15) is 26.3 Å². The van der Waals surface area contributed by atoms with Gasteiger partial charge >= 0.3 is 0 Å². The number of allylic oxidation sites excluding steroid dienone is 8. The molecule has 2 aliphatic carbocycles. The van der Waals surface area contributed by atoms with Crippen molar-refractivity contribution in [3.05, 3.63) is 152 Å². The quantitative estimate of drug-likeness (QED) is 0.0778. The van der Waals surface area contributed by atoms with Crippen LogP contribution in [0, 0.1) is 62.6 Å². The molecule has 4 aromatic rings. The van der Waals surface area contributed by atoms with E-state index in [2.05, 4.69) is 71.9 Å². The van der Waals surface area contributed by atoms with E-state index in [4.69, 9.17) is 23.7 Å². The van der Waals surface area contributed by atoms with Gasteiger partial charge in [-0.3, -0.25) is 0 Å². The van der Waals surface area contributed by atoms with Crippen molar-refractivity contribution in [2.75, 3.05) is 33.0 Å². The Labute approximate surface area is 451 Å². The van der Waals surface area contributed by atoms with Crippen LogP contribution in [0.15, 0.2) is 108 Å². The third-order valence-electron chi connectivity index (χ3n) is 13.0. The van der Waals surface area contributed by atoms with Gasteiger partial charge < -0.3 is 23.7 Å². The second-order valence-corrected chi connectivity index (χ2v) is 19.2. The molecular weight excluding hydrogens is 943 g/mol. The second kappa shape index (κ2) is 29.5. The first kappa shape index (κ1) is 57.0. The molecule has 10 bridgehead atoms. The number of ether oxygens (including phenoxy) is 5. The summed E-state index contributed by atoms with van der Waals surface area (Å²) >= 11 is 0. The molecular formula is C66H69N5O5. The smallest absolute Gasteiger partial charge is 0.120 e. The number of unbranched alkanes of at least 4 members (excludes halogenated alkanes) is 4. The van der Waals surface area contributed by atoms with Crippen LogP contribution in [0.1, 0.15) is 150 Å². The molecule has 1 unspecified atom stereocenters. The lowest BCUT2D eigenvalue weighted by Gasteiger charge is -2.23. The van der Waals surface area contributed by atoms with Gasteiger partial charge in [0, 0.05) is 13.0 Å². The van der Waals surface area contributed by atoms with E-state index >= 15 is 0 Å². The molecule has 2 aliphatic rings. The van der Waals surface area contributed by atoms with Crippen molar-refractivity contribution < 1.29 is 23.7 Å². The summed E-state index contributed by atoms with van der Waals surface area (Å²) in [7, 11) is 0. The predicted molar refractivity (Wildman–Crippen MR) is 305 cm³/mol. The number of nitriles is 5. The lowest BCUT2D eigenvalue weighted by molar-refractivity contribution is 0.0598. The SMILES string of the molecule is CCCCOc1cc2cc(c1)/C(C#N)=C/c1cc(OCCCC)cc(c1)/C(C#N)=C/c1cc(OCCCC)cc(c1)/C(C#N)=C/c1cc(OCCCC)cc(c1)/C(C#N)=C/C1=CC(OC[C@@H](C)CC)CC(=C1)/C(C#N)=C/2. The molecule has 0 fully saturated rings. The van der Waals surface area contributed by atoms with Crippen LogP contribution in [0.25, 0.3) is 46.6 Å². The molecule has 0 spiro atoms. The monoisotopic (exact) mass is 1010 g/mol. The molecule has 10 nitrogen and oxygen atoms in total. The van der Waals surface area contributed by atoms with E-state index in [0.717, 1.165) is 63.4 Å². The van der Waals surface area contributed by atoms with Crippen molar-refractivity contribution in [3.8, 4) is 53.3 Å². The van der Waals surface area contributed by atoms with Crippen molar-refractivity contribution in [2.24, 2.45) is 5.92 Å². The Kier molecular flexibility index (Phi) is 22.1. The highest BCUT2D eigenvalue weighted by molar-refractivity contribution is 5.96. The van der Waals surface area contributed by atoms with Gasteiger partial charge in [-0.15, -0.1) is 0 Å². The van der Waals surface area contributed by atoms with E-state index in [9.17, 15) is 26.3 Å². The summed E-state index contributed by atoms with van der Waals surface area (Å²) in [6.45, 7) is 15.0. The maximum Gasteiger partial charge on any atom is 0.120 e. The number of benzene rings is 4. The van der Waals surface area contributed by atoms with Gasteiger partial charge in [0.05, 0.1) is 90.7 Å². The topological polar surface area (TPSA) is 165 Å². The normalized spacial score (nSPS) is 18.1. The zero-order valence-corrected chi connectivity index (χ0v) is 45.0. The molecule has 0 aliphatic heterocycles. The number of rotatable bonds is 20. The molecule has 4 aromatic carbocycles. The summed E-state index contributed by atoms with van der Waals surface area (Å²) in [4.78, 5) is 0. The van der Waals surface area contributed by atoms with Gasteiger partial charge in [-0.1, -0.05) is 79.7 Å². The molecule has 0 radical (unpaired) electrons. The number of hydrogen-bond donors (Lipinski definition) is 0. The van der Waals surface area contributed by atoms with Crippen LogP contribution in [0.4, 0.5) is 0 Å². The van der Waals surface area contributed by atoms with E-state index in [0.29, 0.717) is 146 Å². The van der Waals surface area contributed by atoms with Crippen LogP contribution in [0.5, 0.6) is 23.0 Å². The largest absolute Gasteiger partial charge is 0.494 e. The Morgan fingerprint density at radius 2 is 0.763 bits per heavy atom. The molecule has 0 N–H and O–H groups in total. The Morgan fingerprint density at radius 1 is 0.434 bits per heavy atom. The van der Waals surface area contributed by atoms with Crippen molar-refractivity contribution >= 4 is 46.6 Å². The van der Waals surface area contributed by atoms with E-state index in [1.165, 1.54) is 0 Å². The molecule has 0 heterocycles. The average Bonchev–Trinajstić information content (AvgIpc) is 3.43. The second-order valence-electron chi connectivity index (χ2n) is 19.2. The van der Waals surface area contributed by atoms with Gasteiger partial charge in [0.1, 0.15) is 23.0 Å². The highest BCUT2D eigenvalue weighted by Gasteiger charge is 2.21. The third kappa shape index (κ3) is 16.6. The van der Waals surface area contributed by atoms with Gasteiger partial charge in [0.25, 0.3) is 0 Å². The van der Waals surface area contributed by atoms with Crippen LogP contribution in [-0.4, -0.2) is 39.1 Å². The molecule has 2 atom stereocenters. The summed E-state index contributed by atoms with van der Waals surface area (Å²) < 4.78 is 31.7. The molecule has 0 aromatic heterocycles. The summed E-state index contributed by atoms with van der Waals surface area (Å²) in [6.07, 6.45) is 20.8. The fourth-order valence-corrected chi connectivity index (χ4v) is 8.45. The van der Waals surface area contributed by atoms with Crippen LogP contribution in [0.2, 0.25) is 0 Å². The van der Waals surface area contributed by atoms with Crippen molar-refractivity contribution in [3.63, 3.8) is 0 Å². The molecule has 6 rings (SSSR count). The zero-order valence-electron chi connectivity index (χ0n) is 45.0. The lowest BCUT2D eigenvalue weighted by atomic mass is 9.89. The maximum absolute atomic E-state index is 11.0. The van der Waals surface area contributed by atoms with Crippen LogP contribution in [-0.2, 0) is 4.74 Å². The summed E-state index contributed by atoms with van der Waals surface area (Å²) in [6, 6.07) is 34.4. The summed E-state index contributed by atoms with van der Waals surface area (Å²) in [5.41, 5.74) is 7.94. The van der Waals surface area contributed by atoms with Crippen LogP contribution < -0.4 is 18.9 Å². The van der Waals surface area contributed by atoms with E-state index in [1.54, 1.807) is 24.3 Å². The average molecular weight is 1010 g/mol. The van der Waals surface area contributed by atoms with Crippen molar-refractivity contribution in [1.29, 1.82) is 26.3 Å². The highest BCUT2D eigenvalue weighted by Crippen LogP contribution is 2.35. The minimum atomic E-state index is -0.401. The minimum absolute atomic E-state index is 0.298. The first-order chi connectivity index (χ1) is 37.0. The summed E-state index contributed by atoms with van der Waals surface area (Å²) in [5, 5.41) is 54.6.